The van der Waals surface area contributed by atoms with Gasteiger partial charge in [-0.2, -0.15) is 0 Å². The minimum Gasteiger partial charge on any atom is -0.481 e. The fraction of sp³-hybridized carbons (Fsp3) is 0.833. The van der Waals surface area contributed by atoms with E-state index in [0.717, 1.165) is 0 Å². The number of hydrogen-bond donors (Lipinski definition) is 2. The summed E-state index contributed by atoms with van der Waals surface area (Å²) in [5.41, 5.74) is 0. The van der Waals surface area contributed by atoms with Crippen molar-refractivity contribution in [3.05, 3.63) is 0 Å². The van der Waals surface area contributed by atoms with Crippen LogP contribution in [0.15, 0.2) is 0 Å². The average Bonchev–Trinajstić information content (AvgIpc) is 2.71. The molecule has 6 heteroatoms. The number of hydrogen-bond acceptors (Lipinski definition) is 3. The van der Waals surface area contributed by atoms with Crippen molar-refractivity contribution in [2.24, 2.45) is 17.8 Å². The van der Waals surface area contributed by atoms with Gasteiger partial charge in [-0.05, 0) is 18.8 Å². The van der Waals surface area contributed by atoms with Crippen LogP contribution in [0.2, 0.25) is 0 Å². The fourth-order valence-electron chi connectivity index (χ4n) is 2.42. The molecule has 1 aliphatic rings. The SMILES string of the molecule is CCS(=O)CCNC(=O)[C@H]1CC(C)C[C@H]1C(=O)O. The van der Waals surface area contributed by atoms with Crippen LogP contribution >= 0.6 is 0 Å². The zero-order valence-electron chi connectivity index (χ0n) is 10.8. The Morgan fingerprint density at radius 2 is 1.94 bits per heavy atom. The molecule has 0 spiro atoms. The van der Waals surface area contributed by atoms with Crippen molar-refractivity contribution < 1.29 is 18.9 Å². The summed E-state index contributed by atoms with van der Waals surface area (Å²) in [6, 6.07) is 0. The molecule has 1 amide bonds. The van der Waals surface area contributed by atoms with Crippen molar-refractivity contribution in [1.82, 2.24) is 5.32 Å². The Morgan fingerprint density at radius 1 is 1.33 bits per heavy atom. The largest absolute Gasteiger partial charge is 0.481 e. The molecular formula is C12H21NO4S. The van der Waals surface area contributed by atoms with E-state index < -0.39 is 28.6 Å². The normalized spacial score (nSPS) is 28.9. The predicted octanol–water partition coefficient (Wildman–Crippen LogP) is 0.618. The Kier molecular flexibility index (Phi) is 5.78. The maximum absolute atomic E-state index is 11.9. The zero-order chi connectivity index (χ0) is 13.7. The van der Waals surface area contributed by atoms with Gasteiger partial charge in [-0.25, -0.2) is 0 Å². The third-order valence-corrected chi connectivity index (χ3v) is 4.71. The number of carbonyl (C=O) groups is 2. The number of carbonyl (C=O) groups excluding carboxylic acids is 1. The maximum atomic E-state index is 11.9. The van der Waals surface area contributed by atoms with E-state index >= 15 is 0 Å². The molecule has 0 saturated heterocycles. The summed E-state index contributed by atoms with van der Waals surface area (Å²) in [7, 11) is -0.900. The summed E-state index contributed by atoms with van der Waals surface area (Å²) in [6.45, 7) is 4.16. The molecule has 4 atom stereocenters. The number of rotatable bonds is 6. The zero-order valence-corrected chi connectivity index (χ0v) is 11.7. The van der Waals surface area contributed by atoms with Crippen molar-refractivity contribution in [2.75, 3.05) is 18.1 Å². The van der Waals surface area contributed by atoms with E-state index in [2.05, 4.69) is 5.32 Å². The second-order valence-corrected chi connectivity index (χ2v) is 6.72. The van der Waals surface area contributed by atoms with Gasteiger partial charge in [0.05, 0.1) is 11.8 Å². The van der Waals surface area contributed by atoms with E-state index in [0.29, 0.717) is 30.9 Å². The van der Waals surface area contributed by atoms with E-state index in [1.807, 2.05) is 13.8 Å². The summed E-state index contributed by atoms with van der Waals surface area (Å²) in [4.78, 5) is 23.0. The first-order valence-corrected chi connectivity index (χ1v) is 7.80. The van der Waals surface area contributed by atoms with Crippen molar-refractivity contribution in [3.8, 4) is 0 Å². The summed E-state index contributed by atoms with van der Waals surface area (Å²) in [6.07, 6.45) is 1.19. The first kappa shape index (κ1) is 15.1. The number of carboxylic acid groups (broad SMARTS) is 1. The highest BCUT2D eigenvalue weighted by Crippen LogP contribution is 2.36. The standard InChI is InChI=1S/C12H21NO4S/c1-3-18(17)5-4-13-11(14)9-6-8(2)7-10(9)12(15)16/h8-10H,3-7H2,1-2H3,(H,13,14)(H,15,16)/t8?,9-,10+,18?/m0/s1. The van der Waals surface area contributed by atoms with Gasteiger partial charge < -0.3 is 10.4 Å². The van der Waals surface area contributed by atoms with Crippen LogP contribution in [-0.4, -0.2) is 39.2 Å². The molecule has 0 bridgehead atoms. The molecule has 2 unspecified atom stereocenters. The lowest BCUT2D eigenvalue weighted by Gasteiger charge is -2.15. The Labute approximate surface area is 110 Å². The smallest absolute Gasteiger partial charge is 0.307 e. The Morgan fingerprint density at radius 3 is 2.50 bits per heavy atom. The molecule has 0 aromatic heterocycles. The van der Waals surface area contributed by atoms with Crippen LogP contribution in [0.25, 0.3) is 0 Å². The molecule has 1 saturated carbocycles. The van der Waals surface area contributed by atoms with Crippen LogP contribution in [0, 0.1) is 17.8 Å². The Balaban J connectivity index is 2.45. The lowest BCUT2D eigenvalue weighted by molar-refractivity contribution is -0.146. The molecule has 0 aliphatic heterocycles. The van der Waals surface area contributed by atoms with Crippen LogP contribution < -0.4 is 5.32 Å². The highest BCUT2D eigenvalue weighted by molar-refractivity contribution is 7.84. The van der Waals surface area contributed by atoms with E-state index in [4.69, 9.17) is 5.11 Å². The quantitative estimate of drug-likeness (QED) is 0.744. The lowest BCUT2D eigenvalue weighted by atomic mass is 9.95. The molecule has 18 heavy (non-hydrogen) atoms. The van der Waals surface area contributed by atoms with Crippen LogP contribution in [0.1, 0.15) is 26.7 Å². The Bertz CT molecular complexity index is 345. The van der Waals surface area contributed by atoms with Gasteiger partial charge in [-0.1, -0.05) is 13.8 Å². The topological polar surface area (TPSA) is 83.5 Å². The first-order valence-electron chi connectivity index (χ1n) is 6.31. The molecular weight excluding hydrogens is 254 g/mol. The maximum Gasteiger partial charge on any atom is 0.307 e. The molecule has 0 aromatic carbocycles. The molecule has 0 aromatic rings. The minimum atomic E-state index is -0.900. The van der Waals surface area contributed by atoms with Crippen LogP contribution in [0.5, 0.6) is 0 Å². The third kappa shape index (κ3) is 4.08. The summed E-state index contributed by atoms with van der Waals surface area (Å²) in [5, 5.41) is 11.8. The lowest BCUT2D eigenvalue weighted by Crippen LogP contribution is -2.37. The van der Waals surface area contributed by atoms with Gasteiger partial charge >= 0.3 is 5.97 Å². The van der Waals surface area contributed by atoms with Gasteiger partial charge in [0.15, 0.2) is 0 Å². The van der Waals surface area contributed by atoms with E-state index in [1.165, 1.54) is 0 Å². The molecule has 5 nitrogen and oxygen atoms in total. The molecule has 2 N–H and O–H groups in total. The average molecular weight is 275 g/mol. The number of aliphatic carboxylic acids is 1. The van der Waals surface area contributed by atoms with Gasteiger partial charge in [0.25, 0.3) is 0 Å². The molecule has 1 aliphatic carbocycles. The second-order valence-electron chi connectivity index (χ2n) is 4.85. The summed E-state index contributed by atoms with van der Waals surface area (Å²) < 4.78 is 11.2. The van der Waals surface area contributed by atoms with Crippen molar-refractivity contribution in [1.29, 1.82) is 0 Å². The van der Waals surface area contributed by atoms with E-state index in [1.54, 1.807) is 0 Å². The van der Waals surface area contributed by atoms with Crippen LogP contribution in [0.4, 0.5) is 0 Å². The second kappa shape index (κ2) is 6.87. The number of carboxylic acids is 1. The number of nitrogens with one attached hydrogen (secondary N) is 1. The van der Waals surface area contributed by atoms with Crippen molar-refractivity contribution in [2.45, 2.75) is 26.7 Å². The summed E-state index contributed by atoms with van der Waals surface area (Å²) >= 11 is 0. The van der Waals surface area contributed by atoms with Gasteiger partial charge in [-0.3, -0.25) is 13.8 Å². The molecule has 0 heterocycles. The Hall–Kier alpha value is -0.910. The third-order valence-electron chi connectivity index (χ3n) is 3.40. The van der Waals surface area contributed by atoms with Gasteiger partial charge in [0.1, 0.15) is 0 Å². The highest BCUT2D eigenvalue weighted by atomic mass is 32.2. The molecule has 1 rings (SSSR count). The molecule has 104 valence electrons. The number of amides is 1. The van der Waals surface area contributed by atoms with Crippen molar-refractivity contribution >= 4 is 22.7 Å². The highest BCUT2D eigenvalue weighted by Gasteiger charge is 2.40. The van der Waals surface area contributed by atoms with Gasteiger partial charge in [0, 0.05) is 28.9 Å². The monoisotopic (exact) mass is 275 g/mol. The van der Waals surface area contributed by atoms with Gasteiger partial charge in [0.2, 0.25) is 5.91 Å². The van der Waals surface area contributed by atoms with E-state index in [-0.39, 0.29) is 11.8 Å². The van der Waals surface area contributed by atoms with Gasteiger partial charge in [-0.15, -0.1) is 0 Å². The van der Waals surface area contributed by atoms with E-state index in [9.17, 15) is 13.8 Å². The van der Waals surface area contributed by atoms with Crippen molar-refractivity contribution in [3.63, 3.8) is 0 Å². The first-order chi connectivity index (χ1) is 8.45. The predicted molar refractivity (Wildman–Crippen MR) is 69.6 cm³/mol. The summed E-state index contributed by atoms with van der Waals surface area (Å²) in [5.74, 6) is -0.830. The van der Waals surface area contributed by atoms with Crippen LogP contribution in [-0.2, 0) is 20.4 Å². The fourth-order valence-corrected chi connectivity index (χ4v) is 3.04. The molecule has 1 fully saturated rings. The van der Waals surface area contributed by atoms with Crippen LogP contribution in [0.3, 0.4) is 0 Å². The molecule has 0 radical (unpaired) electrons. The minimum absolute atomic E-state index is 0.208.